The van der Waals surface area contributed by atoms with Crippen LogP contribution in [0.1, 0.15) is 52.5 Å². The van der Waals surface area contributed by atoms with Gasteiger partial charge >= 0.3 is 12.2 Å². The van der Waals surface area contributed by atoms with Gasteiger partial charge in [-0.3, -0.25) is 4.79 Å². The molecule has 3 rings (SSSR count). The number of nitrogens with one attached hydrogen (secondary N) is 1. The van der Waals surface area contributed by atoms with Crippen LogP contribution in [0.15, 0.2) is 36.4 Å². The molecule has 0 aromatic heterocycles. The highest BCUT2D eigenvalue weighted by Crippen LogP contribution is 2.27. The fourth-order valence-corrected chi connectivity index (χ4v) is 5.38. The minimum atomic E-state index is -2.70. The largest absolute Gasteiger partial charge is 0.450 e. The van der Waals surface area contributed by atoms with Gasteiger partial charge in [-0.2, -0.15) is 8.42 Å². The average molecular weight is 594 g/mol. The van der Waals surface area contributed by atoms with Crippen molar-refractivity contribution in [2.75, 3.05) is 26.7 Å². The Balaban J connectivity index is 1.80. The SMILES string of the molecule is CCOC(=O)NC1(C(=O)N(C)C(CCc2ccc3cc(Cl)ccc3c2)=S(=O)=O)CCN(C(=O)OC(C)(C)C)CC1. The van der Waals surface area contributed by atoms with Crippen molar-refractivity contribution in [2.45, 2.75) is 64.5 Å². The van der Waals surface area contributed by atoms with Gasteiger partial charge in [0.2, 0.25) is 10.3 Å². The normalized spacial score (nSPS) is 14.8. The molecule has 1 fully saturated rings. The van der Waals surface area contributed by atoms with Gasteiger partial charge in [-0.05, 0) is 75.4 Å². The Kier molecular flexibility index (Phi) is 10.1. The Hall–Kier alpha value is -3.31. The third-order valence-electron chi connectivity index (χ3n) is 6.66. The molecule has 1 heterocycles. The van der Waals surface area contributed by atoms with Crippen molar-refractivity contribution in [1.29, 1.82) is 0 Å². The number of nitrogens with zero attached hydrogens (tertiary/aromatic N) is 2. The average Bonchev–Trinajstić information content (AvgIpc) is 2.87. The molecule has 0 atom stereocenters. The van der Waals surface area contributed by atoms with E-state index in [1.807, 2.05) is 30.3 Å². The molecule has 0 aliphatic carbocycles. The molecular weight excluding hydrogens is 558 g/mol. The lowest BCUT2D eigenvalue weighted by Gasteiger charge is -2.42. The van der Waals surface area contributed by atoms with Crippen molar-refractivity contribution in [2.24, 2.45) is 0 Å². The van der Waals surface area contributed by atoms with Crippen LogP contribution < -0.4 is 5.32 Å². The van der Waals surface area contributed by atoms with E-state index in [1.54, 1.807) is 33.8 Å². The number of amides is 3. The maximum atomic E-state index is 13.8. The van der Waals surface area contributed by atoms with Gasteiger partial charge in [0.25, 0.3) is 5.91 Å². The third-order valence-corrected chi connectivity index (χ3v) is 7.76. The number of ether oxygens (including phenoxy) is 2. The maximum Gasteiger partial charge on any atom is 0.410 e. The quantitative estimate of drug-likeness (QED) is 0.492. The fourth-order valence-electron chi connectivity index (χ4n) is 4.62. The lowest BCUT2D eigenvalue weighted by atomic mass is 9.86. The molecule has 2 aromatic rings. The zero-order valence-corrected chi connectivity index (χ0v) is 25.0. The second kappa shape index (κ2) is 12.9. The van der Waals surface area contributed by atoms with Gasteiger partial charge in [-0.15, -0.1) is 0 Å². The Bertz CT molecular complexity index is 1400. The summed E-state index contributed by atoms with van der Waals surface area (Å²) in [5.41, 5.74) is -1.26. The van der Waals surface area contributed by atoms with E-state index in [4.69, 9.17) is 21.1 Å². The summed E-state index contributed by atoms with van der Waals surface area (Å²) in [5.74, 6) is -0.600. The van der Waals surface area contributed by atoms with Crippen molar-refractivity contribution >= 4 is 55.7 Å². The molecule has 1 aliphatic heterocycles. The lowest BCUT2D eigenvalue weighted by molar-refractivity contribution is -0.135. The second-order valence-electron chi connectivity index (χ2n) is 10.7. The van der Waals surface area contributed by atoms with Crippen molar-refractivity contribution in [1.82, 2.24) is 15.1 Å². The summed E-state index contributed by atoms with van der Waals surface area (Å²) in [6, 6.07) is 11.3. The number of hydrogen-bond donors (Lipinski definition) is 1. The molecule has 40 heavy (non-hydrogen) atoms. The molecule has 0 bridgehead atoms. The van der Waals surface area contributed by atoms with Gasteiger partial charge in [-0.1, -0.05) is 35.9 Å². The number of fused-ring (bicyclic) bond motifs is 1. The number of hydrogen-bond acceptors (Lipinski definition) is 7. The molecule has 3 amide bonds. The van der Waals surface area contributed by atoms with E-state index in [0.717, 1.165) is 21.2 Å². The van der Waals surface area contributed by atoms with Crippen LogP contribution in [0.25, 0.3) is 10.8 Å². The molecule has 10 nitrogen and oxygen atoms in total. The molecule has 0 saturated carbocycles. The number of halogens is 1. The van der Waals surface area contributed by atoms with Gasteiger partial charge in [0.1, 0.15) is 16.1 Å². The van der Waals surface area contributed by atoms with E-state index < -0.39 is 39.5 Å². The Morgan fingerprint density at radius 3 is 2.30 bits per heavy atom. The molecule has 2 aromatic carbocycles. The molecule has 1 saturated heterocycles. The van der Waals surface area contributed by atoms with E-state index in [0.29, 0.717) is 11.4 Å². The van der Waals surface area contributed by atoms with Gasteiger partial charge in [0.15, 0.2) is 0 Å². The summed E-state index contributed by atoms with van der Waals surface area (Å²) in [6.45, 7) is 7.25. The monoisotopic (exact) mass is 593 g/mol. The van der Waals surface area contributed by atoms with E-state index in [1.165, 1.54) is 11.9 Å². The van der Waals surface area contributed by atoms with E-state index in [2.05, 4.69) is 5.32 Å². The number of carbonyl (C=O) groups is 3. The summed E-state index contributed by atoms with van der Waals surface area (Å²) in [6.07, 6.45) is -0.776. The number of carbonyl (C=O) groups excluding carboxylic acids is 3. The predicted molar refractivity (Wildman–Crippen MR) is 154 cm³/mol. The first-order chi connectivity index (χ1) is 18.7. The number of rotatable bonds is 6. The zero-order valence-electron chi connectivity index (χ0n) is 23.5. The topological polar surface area (TPSA) is 122 Å². The van der Waals surface area contributed by atoms with E-state index in [-0.39, 0.29) is 43.9 Å². The highest BCUT2D eigenvalue weighted by molar-refractivity contribution is 7.72. The number of benzene rings is 2. The standard InChI is InChI=1S/C28H36ClN3O7S/c1-6-38-25(34)30-28(13-15-32(16-14-28)26(35)39-27(2,3)4)24(33)31(5)23(40(36)37)12-8-19-7-9-21-18-22(29)11-10-20(21)17-19/h7,9-11,17-18H,6,8,12-16H2,1-5H3,(H,30,34). The summed E-state index contributed by atoms with van der Waals surface area (Å²) >= 11 is 6.06. The van der Waals surface area contributed by atoms with Crippen LogP contribution in [0.5, 0.6) is 0 Å². The van der Waals surface area contributed by atoms with Crippen LogP contribution in [-0.4, -0.2) is 79.2 Å². The van der Waals surface area contributed by atoms with Crippen LogP contribution in [0, 0.1) is 0 Å². The van der Waals surface area contributed by atoms with Gasteiger partial charge in [0.05, 0.1) is 6.61 Å². The highest BCUT2D eigenvalue weighted by atomic mass is 35.5. The van der Waals surface area contributed by atoms with E-state index in [9.17, 15) is 22.8 Å². The first kappa shape index (κ1) is 31.2. The Morgan fingerprint density at radius 1 is 1.07 bits per heavy atom. The highest BCUT2D eigenvalue weighted by Gasteiger charge is 2.46. The Morgan fingerprint density at radius 2 is 1.70 bits per heavy atom. The molecule has 218 valence electrons. The number of piperidine rings is 1. The number of likely N-dealkylation sites (tertiary alicyclic amines) is 1. The zero-order chi connectivity index (χ0) is 29.7. The van der Waals surface area contributed by atoms with Crippen molar-refractivity contribution < 1.29 is 32.3 Å². The Labute approximate surface area is 241 Å². The van der Waals surface area contributed by atoms with Crippen LogP contribution in [0.2, 0.25) is 5.02 Å². The first-order valence-electron chi connectivity index (χ1n) is 13.1. The predicted octanol–water partition coefficient (Wildman–Crippen LogP) is 4.41. The lowest BCUT2D eigenvalue weighted by Crippen LogP contribution is -2.64. The summed E-state index contributed by atoms with van der Waals surface area (Å²) < 4.78 is 35.0. The third kappa shape index (κ3) is 7.88. The number of likely N-dealkylation sites (N-methyl/N-ethyl adjacent to an activating group) is 1. The van der Waals surface area contributed by atoms with Gasteiger partial charge in [-0.25, -0.2) is 9.59 Å². The summed E-state index contributed by atoms with van der Waals surface area (Å²) in [7, 11) is -1.32. The smallest absolute Gasteiger partial charge is 0.410 e. The second-order valence-corrected chi connectivity index (χ2v) is 12.1. The first-order valence-corrected chi connectivity index (χ1v) is 14.5. The molecular formula is C28H36ClN3O7S. The van der Waals surface area contributed by atoms with Crippen molar-refractivity contribution in [3.63, 3.8) is 0 Å². The van der Waals surface area contributed by atoms with E-state index >= 15 is 0 Å². The van der Waals surface area contributed by atoms with Crippen LogP contribution in [-0.2, 0) is 31.0 Å². The van der Waals surface area contributed by atoms with Crippen molar-refractivity contribution in [3.8, 4) is 0 Å². The molecule has 1 N–H and O–H groups in total. The minimum absolute atomic E-state index is 0.0558. The van der Waals surface area contributed by atoms with Crippen molar-refractivity contribution in [3.05, 3.63) is 47.0 Å². The fraction of sp³-hybridized carbons (Fsp3) is 0.500. The molecule has 0 spiro atoms. The maximum absolute atomic E-state index is 13.8. The molecule has 0 unspecified atom stereocenters. The number of alkyl carbamates (subject to hydrolysis) is 1. The number of aryl methyl sites for hydroxylation is 1. The molecule has 1 aliphatic rings. The van der Waals surface area contributed by atoms with Gasteiger partial charge in [0, 0.05) is 31.6 Å². The van der Waals surface area contributed by atoms with Crippen LogP contribution >= 0.6 is 11.6 Å². The molecule has 0 radical (unpaired) electrons. The molecule has 12 heteroatoms. The van der Waals surface area contributed by atoms with Crippen LogP contribution in [0.4, 0.5) is 9.59 Å². The van der Waals surface area contributed by atoms with Gasteiger partial charge < -0.3 is 24.6 Å². The minimum Gasteiger partial charge on any atom is -0.450 e. The summed E-state index contributed by atoms with van der Waals surface area (Å²) in [5, 5.41) is 5.21. The van der Waals surface area contributed by atoms with Crippen LogP contribution in [0.3, 0.4) is 0 Å². The summed E-state index contributed by atoms with van der Waals surface area (Å²) in [4.78, 5) is 41.3.